The monoisotopic (exact) mass is 194 g/mol. The first kappa shape index (κ1) is 9.84. The molecule has 1 nitrogen and oxygen atoms in total. The Labute approximate surface area is 91.1 Å². The van der Waals surface area contributed by atoms with Crippen LogP contribution in [-0.2, 0) is 0 Å². The van der Waals surface area contributed by atoms with E-state index in [9.17, 15) is 0 Å². The molecule has 2 rings (SSSR count). The average molecular weight is 194 g/mol. The van der Waals surface area contributed by atoms with Gasteiger partial charge in [0.1, 0.15) is 19.3 Å². The maximum atomic E-state index is 5.71. The van der Waals surface area contributed by atoms with Crippen LogP contribution in [0.1, 0.15) is 5.56 Å². The maximum Gasteiger partial charge on any atom is 0.130 e. The van der Waals surface area contributed by atoms with Gasteiger partial charge in [0.25, 0.3) is 0 Å². The molecule has 2 radical (unpaired) electrons. The van der Waals surface area contributed by atoms with Gasteiger partial charge in [-0.3, -0.25) is 0 Å². The van der Waals surface area contributed by atoms with Crippen LogP contribution in [0.5, 0.6) is 11.5 Å². The highest BCUT2D eigenvalue weighted by Gasteiger charge is 1.99. The van der Waals surface area contributed by atoms with Crippen molar-refractivity contribution in [3.05, 3.63) is 54.1 Å². The van der Waals surface area contributed by atoms with Crippen LogP contribution in [0.25, 0.3) is 0 Å². The molecule has 0 heterocycles. The summed E-state index contributed by atoms with van der Waals surface area (Å²) in [6, 6.07) is 15.3. The zero-order valence-electron chi connectivity index (χ0n) is 8.60. The lowest BCUT2D eigenvalue weighted by molar-refractivity contribution is 0.479. The summed E-state index contributed by atoms with van der Waals surface area (Å²) < 4.78 is 5.71. The second kappa shape index (κ2) is 4.22. The summed E-state index contributed by atoms with van der Waals surface area (Å²) in [5, 5.41) is 0. The van der Waals surface area contributed by atoms with Gasteiger partial charge in [-0.2, -0.15) is 0 Å². The minimum Gasteiger partial charge on any atom is -0.457 e. The van der Waals surface area contributed by atoms with E-state index in [4.69, 9.17) is 12.6 Å². The molecule has 0 amide bonds. The third kappa shape index (κ3) is 2.41. The van der Waals surface area contributed by atoms with Crippen LogP contribution in [0.15, 0.2) is 48.5 Å². The minimum absolute atomic E-state index is 0.743. The van der Waals surface area contributed by atoms with Crippen molar-refractivity contribution in [2.45, 2.75) is 6.92 Å². The second-order valence-corrected chi connectivity index (χ2v) is 3.44. The smallest absolute Gasteiger partial charge is 0.130 e. The molecule has 0 unspecified atom stereocenters. The van der Waals surface area contributed by atoms with Crippen LogP contribution in [0.2, 0.25) is 0 Å². The molecule has 0 aliphatic rings. The molecule has 0 aliphatic carbocycles. The first-order valence-corrected chi connectivity index (χ1v) is 4.85. The van der Waals surface area contributed by atoms with Crippen molar-refractivity contribution in [2.75, 3.05) is 0 Å². The van der Waals surface area contributed by atoms with E-state index in [2.05, 4.69) is 0 Å². The number of benzene rings is 2. The zero-order chi connectivity index (χ0) is 10.7. The standard InChI is InChI=1S/C13H11BO/c1-10-4-2-3-5-13(10)15-12-8-6-11(14)7-9-12/h2-9H,1H3. The van der Waals surface area contributed by atoms with E-state index in [0.29, 0.717) is 0 Å². The summed E-state index contributed by atoms with van der Waals surface area (Å²) in [7, 11) is 5.59. The van der Waals surface area contributed by atoms with E-state index in [1.165, 1.54) is 0 Å². The van der Waals surface area contributed by atoms with Gasteiger partial charge in [-0.1, -0.05) is 35.8 Å². The van der Waals surface area contributed by atoms with Gasteiger partial charge in [-0.15, -0.1) is 0 Å². The van der Waals surface area contributed by atoms with E-state index in [-0.39, 0.29) is 0 Å². The summed E-state index contributed by atoms with van der Waals surface area (Å²) in [4.78, 5) is 0. The van der Waals surface area contributed by atoms with Crippen molar-refractivity contribution in [3.63, 3.8) is 0 Å². The molecule has 0 atom stereocenters. The molecule has 0 N–H and O–H groups in total. The van der Waals surface area contributed by atoms with Gasteiger partial charge in [0, 0.05) is 0 Å². The Hall–Kier alpha value is -1.70. The third-order valence-corrected chi connectivity index (χ3v) is 2.20. The number of hydrogen-bond acceptors (Lipinski definition) is 1. The van der Waals surface area contributed by atoms with E-state index in [0.717, 1.165) is 22.5 Å². The van der Waals surface area contributed by atoms with Crippen LogP contribution in [0, 0.1) is 6.92 Å². The Morgan fingerprint density at radius 1 is 0.933 bits per heavy atom. The molecule has 0 aliphatic heterocycles. The van der Waals surface area contributed by atoms with Crippen LogP contribution < -0.4 is 10.2 Å². The van der Waals surface area contributed by atoms with Gasteiger partial charge in [0.15, 0.2) is 0 Å². The van der Waals surface area contributed by atoms with Gasteiger partial charge >= 0.3 is 0 Å². The molecule has 2 heteroatoms. The van der Waals surface area contributed by atoms with Crippen molar-refractivity contribution < 1.29 is 4.74 Å². The highest BCUT2D eigenvalue weighted by molar-refractivity contribution is 6.32. The molecule has 0 fully saturated rings. The van der Waals surface area contributed by atoms with Gasteiger partial charge in [0.2, 0.25) is 0 Å². The fourth-order valence-electron chi connectivity index (χ4n) is 1.33. The van der Waals surface area contributed by atoms with E-state index >= 15 is 0 Å². The lowest BCUT2D eigenvalue weighted by atomic mass is 9.97. The van der Waals surface area contributed by atoms with Crippen molar-refractivity contribution in [3.8, 4) is 11.5 Å². The SMILES string of the molecule is [B]c1ccc(Oc2ccccc2C)cc1. The van der Waals surface area contributed by atoms with Crippen molar-refractivity contribution in [1.82, 2.24) is 0 Å². The van der Waals surface area contributed by atoms with E-state index < -0.39 is 0 Å². The number of para-hydroxylation sites is 1. The molecule has 72 valence electrons. The molecule has 2 aromatic carbocycles. The largest absolute Gasteiger partial charge is 0.457 e. The van der Waals surface area contributed by atoms with Crippen molar-refractivity contribution in [1.29, 1.82) is 0 Å². The predicted octanol–water partition coefficient (Wildman–Crippen LogP) is 2.58. The molecule has 0 saturated carbocycles. The number of hydrogen-bond donors (Lipinski definition) is 0. The number of aryl methyl sites for hydroxylation is 1. The fourth-order valence-corrected chi connectivity index (χ4v) is 1.33. The van der Waals surface area contributed by atoms with Crippen LogP contribution in [0.3, 0.4) is 0 Å². The topological polar surface area (TPSA) is 9.23 Å². The molecule has 2 aromatic rings. The maximum absolute atomic E-state index is 5.71. The minimum atomic E-state index is 0.743. The summed E-state index contributed by atoms with van der Waals surface area (Å²) in [6.07, 6.45) is 0. The Morgan fingerprint density at radius 2 is 1.60 bits per heavy atom. The Kier molecular flexibility index (Phi) is 2.77. The first-order valence-electron chi connectivity index (χ1n) is 4.85. The van der Waals surface area contributed by atoms with Crippen molar-refractivity contribution >= 4 is 13.3 Å². The lowest BCUT2D eigenvalue weighted by Crippen LogP contribution is -1.99. The number of ether oxygens (including phenoxy) is 1. The summed E-state index contributed by atoms with van der Waals surface area (Å²) in [6.45, 7) is 2.02. The molecule has 0 aromatic heterocycles. The Bertz CT molecular complexity index is 448. The molecular formula is C13H11BO. The third-order valence-electron chi connectivity index (χ3n) is 2.20. The molecule has 0 spiro atoms. The van der Waals surface area contributed by atoms with Gasteiger partial charge in [-0.25, -0.2) is 0 Å². The highest BCUT2D eigenvalue weighted by Crippen LogP contribution is 2.23. The number of rotatable bonds is 2. The van der Waals surface area contributed by atoms with Crippen molar-refractivity contribution in [2.24, 2.45) is 0 Å². The zero-order valence-corrected chi connectivity index (χ0v) is 8.60. The summed E-state index contributed by atoms with van der Waals surface area (Å²) in [5.41, 5.74) is 1.86. The van der Waals surface area contributed by atoms with Crippen LogP contribution in [0.4, 0.5) is 0 Å². The van der Waals surface area contributed by atoms with Gasteiger partial charge in [-0.05, 0) is 30.7 Å². The summed E-state index contributed by atoms with van der Waals surface area (Å²) in [5.74, 6) is 1.68. The first-order chi connectivity index (χ1) is 7.25. The molecule has 0 bridgehead atoms. The second-order valence-electron chi connectivity index (χ2n) is 3.44. The van der Waals surface area contributed by atoms with E-state index in [1.54, 1.807) is 0 Å². The highest BCUT2D eigenvalue weighted by atomic mass is 16.5. The quantitative estimate of drug-likeness (QED) is 0.667. The molecule has 15 heavy (non-hydrogen) atoms. The van der Waals surface area contributed by atoms with Gasteiger partial charge < -0.3 is 4.74 Å². The lowest BCUT2D eigenvalue weighted by Gasteiger charge is -2.08. The average Bonchev–Trinajstić information content (AvgIpc) is 2.25. The molecule has 0 saturated heterocycles. The Balaban J connectivity index is 2.22. The molecular weight excluding hydrogens is 183 g/mol. The Morgan fingerprint density at radius 3 is 2.27 bits per heavy atom. The van der Waals surface area contributed by atoms with E-state index in [1.807, 2.05) is 55.5 Å². The van der Waals surface area contributed by atoms with Crippen LogP contribution >= 0.6 is 0 Å². The van der Waals surface area contributed by atoms with Gasteiger partial charge in [0.05, 0.1) is 0 Å². The predicted molar refractivity (Wildman–Crippen MR) is 63.1 cm³/mol. The summed E-state index contributed by atoms with van der Waals surface area (Å²) >= 11 is 0. The van der Waals surface area contributed by atoms with Crippen LogP contribution in [-0.4, -0.2) is 7.85 Å². The fraction of sp³-hybridized carbons (Fsp3) is 0.0769. The normalized spacial score (nSPS) is 9.93.